The summed E-state index contributed by atoms with van der Waals surface area (Å²) in [5, 5.41) is 2.59. The molecule has 0 fully saturated rings. The van der Waals surface area contributed by atoms with Crippen molar-refractivity contribution >= 4 is 22.6 Å². The highest BCUT2D eigenvalue weighted by Crippen LogP contribution is 2.34. The average Bonchev–Trinajstić information content (AvgIpc) is 3.26. The van der Waals surface area contributed by atoms with Crippen LogP contribution < -0.4 is 25.8 Å². The van der Waals surface area contributed by atoms with Crippen LogP contribution in [0.5, 0.6) is 11.5 Å². The van der Waals surface area contributed by atoms with Gasteiger partial charge in [-0.1, -0.05) is 6.07 Å². The van der Waals surface area contributed by atoms with E-state index in [4.69, 9.17) is 9.47 Å². The van der Waals surface area contributed by atoms with Crippen LogP contribution in [0.3, 0.4) is 0 Å². The average molecular weight is 451 g/mol. The topological polar surface area (TPSA) is 102 Å². The molecule has 0 radical (unpaired) electrons. The first-order valence-corrected chi connectivity index (χ1v) is 9.81. The Morgan fingerprint density at radius 1 is 1.03 bits per heavy atom. The minimum Gasteiger partial charge on any atom is -0.454 e. The monoisotopic (exact) mass is 451 g/mol. The van der Waals surface area contributed by atoms with E-state index in [1.165, 1.54) is 35.0 Å². The number of carbonyl (C=O) groups is 1. The van der Waals surface area contributed by atoms with E-state index in [2.05, 4.69) is 10.3 Å². The van der Waals surface area contributed by atoms with Crippen LogP contribution in [0.4, 0.5) is 14.5 Å². The van der Waals surface area contributed by atoms with E-state index >= 15 is 0 Å². The van der Waals surface area contributed by atoms with Crippen LogP contribution in [0, 0.1) is 11.6 Å². The number of hydrogen-bond donors (Lipinski definition) is 2. The summed E-state index contributed by atoms with van der Waals surface area (Å²) in [7, 11) is 0. The first-order chi connectivity index (χ1) is 15.9. The molecule has 0 atom stereocenters. The standard InChI is InChI=1S/C23H15F2N3O5/c24-15-2-1-3-16(25)13(15)9-28-10-14(22(30)21-17(28)5-7-20(29)27-21)23(31)26-12-4-6-18-19(8-12)33-11-32-18/h1-8,10H,9,11H2,(H,26,31)(H,27,29). The Balaban J connectivity index is 1.60. The summed E-state index contributed by atoms with van der Waals surface area (Å²) in [6, 6.07) is 10.7. The molecule has 0 saturated carbocycles. The molecule has 0 spiro atoms. The normalized spacial score (nSPS) is 12.2. The number of H-pyrrole nitrogens is 1. The maximum absolute atomic E-state index is 14.3. The zero-order chi connectivity index (χ0) is 23.1. The minimum atomic E-state index is -0.780. The molecule has 2 aromatic heterocycles. The van der Waals surface area contributed by atoms with Crippen molar-refractivity contribution in [2.75, 3.05) is 12.1 Å². The van der Waals surface area contributed by atoms with E-state index in [0.717, 1.165) is 12.1 Å². The summed E-state index contributed by atoms with van der Waals surface area (Å²) in [4.78, 5) is 40.2. The lowest BCUT2D eigenvalue weighted by Crippen LogP contribution is -2.26. The van der Waals surface area contributed by atoms with Gasteiger partial charge in [-0.2, -0.15) is 0 Å². The van der Waals surface area contributed by atoms with Gasteiger partial charge in [0.1, 0.15) is 22.7 Å². The van der Waals surface area contributed by atoms with Crippen molar-refractivity contribution < 1.29 is 23.0 Å². The predicted octanol–water partition coefficient (Wildman–Crippen LogP) is 3.00. The predicted molar refractivity (Wildman–Crippen MR) is 115 cm³/mol. The third kappa shape index (κ3) is 3.71. The van der Waals surface area contributed by atoms with Gasteiger partial charge in [0.2, 0.25) is 17.8 Å². The van der Waals surface area contributed by atoms with Crippen LogP contribution in [0.15, 0.2) is 64.3 Å². The van der Waals surface area contributed by atoms with Crippen molar-refractivity contribution in [3.8, 4) is 11.5 Å². The molecule has 5 rings (SSSR count). The second-order valence-electron chi connectivity index (χ2n) is 7.31. The van der Waals surface area contributed by atoms with Gasteiger partial charge in [0.15, 0.2) is 11.5 Å². The van der Waals surface area contributed by atoms with Crippen molar-refractivity contribution in [2.45, 2.75) is 6.54 Å². The van der Waals surface area contributed by atoms with Crippen molar-refractivity contribution in [3.05, 3.63) is 98.1 Å². The van der Waals surface area contributed by atoms with Gasteiger partial charge in [-0.15, -0.1) is 0 Å². The Hall–Kier alpha value is -4.47. The second-order valence-corrected chi connectivity index (χ2v) is 7.31. The van der Waals surface area contributed by atoms with Gasteiger partial charge in [-0.25, -0.2) is 8.78 Å². The fourth-order valence-electron chi connectivity index (χ4n) is 3.62. The van der Waals surface area contributed by atoms with Crippen LogP contribution >= 0.6 is 0 Å². The number of hydrogen-bond acceptors (Lipinski definition) is 5. The molecule has 1 aliphatic rings. The third-order valence-corrected chi connectivity index (χ3v) is 5.23. The maximum atomic E-state index is 14.3. The molecular weight excluding hydrogens is 436 g/mol. The number of carbonyl (C=O) groups excluding carboxylic acids is 1. The number of amides is 1. The smallest absolute Gasteiger partial charge is 0.261 e. The zero-order valence-corrected chi connectivity index (χ0v) is 16.9. The molecule has 166 valence electrons. The van der Waals surface area contributed by atoms with Gasteiger partial charge in [-0.3, -0.25) is 14.4 Å². The number of fused-ring (bicyclic) bond motifs is 2. The largest absolute Gasteiger partial charge is 0.454 e. The summed E-state index contributed by atoms with van der Waals surface area (Å²) in [6.07, 6.45) is 1.21. The molecule has 0 unspecified atom stereocenters. The first kappa shape index (κ1) is 20.4. The molecule has 10 heteroatoms. The molecule has 8 nitrogen and oxygen atoms in total. The fourth-order valence-corrected chi connectivity index (χ4v) is 3.62. The number of ether oxygens (including phenoxy) is 2. The Kier molecular flexibility index (Phi) is 4.89. The van der Waals surface area contributed by atoms with E-state index in [1.807, 2.05) is 0 Å². The summed E-state index contributed by atoms with van der Waals surface area (Å²) in [5.41, 5.74) is -1.46. The van der Waals surface area contributed by atoms with Crippen molar-refractivity contribution in [1.29, 1.82) is 0 Å². The summed E-state index contributed by atoms with van der Waals surface area (Å²) in [6.45, 7) is -0.256. The Bertz CT molecular complexity index is 1520. The van der Waals surface area contributed by atoms with Crippen LogP contribution in [0.2, 0.25) is 0 Å². The molecule has 2 aromatic carbocycles. The van der Waals surface area contributed by atoms with E-state index in [0.29, 0.717) is 17.2 Å². The van der Waals surface area contributed by atoms with Crippen LogP contribution in [0.1, 0.15) is 15.9 Å². The highest BCUT2D eigenvalue weighted by atomic mass is 19.1. The van der Waals surface area contributed by atoms with Crippen molar-refractivity contribution in [1.82, 2.24) is 9.55 Å². The lowest BCUT2D eigenvalue weighted by molar-refractivity contribution is 0.102. The SMILES string of the molecule is O=C(Nc1ccc2c(c1)OCO2)c1cn(Cc2c(F)cccc2F)c2ccc(=O)[nH]c2c1=O. The van der Waals surface area contributed by atoms with Gasteiger partial charge in [0.05, 0.1) is 12.1 Å². The number of aromatic nitrogens is 2. The quantitative estimate of drug-likeness (QED) is 0.497. The molecule has 33 heavy (non-hydrogen) atoms. The first-order valence-electron chi connectivity index (χ1n) is 9.81. The molecule has 0 saturated heterocycles. The van der Waals surface area contributed by atoms with Crippen molar-refractivity contribution in [2.24, 2.45) is 0 Å². The molecule has 0 bridgehead atoms. The minimum absolute atomic E-state index is 0.0576. The molecule has 2 N–H and O–H groups in total. The Labute approximate surface area is 184 Å². The molecular formula is C23H15F2N3O5. The number of benzene rings is 2. The number of pyridine rings is 2. The fraction of sp³-hybridized carbons (Fsp3) is 0.0870. The summed E-state index contributed by atoms with van der Waals surface area (Å²) >= 11 is 0. The molecule has 1 aliphatic heterocycles. The van der Waals surface area contributed by atoms with E-state index in [9.17, 15) is 23.2 Å². The van der Waals surface area contributed by atoms with Gasteiger partial charge in [0, 0.05) is 29.6 Å². The van der Waals surface area contributed by atoms with Gasteiger partial charge < -0.3 is 24.3 Å². The number of anilines is 1. The highest BCUT2D eigenvalue weighted by Gasteiger charge is 2.20. The van der Waals surface area contributed by atoms with E-state index in [1.54, 1.807) is 12.1 Å². The third-order valence-electron chi connectivity index (χ3n) is 5.23. The van der Waals surface area contributed by atoms with Gasteiger partial charge in [0.25, 0.3) is 5.91 Å². The second kappa shape index (κ2) is 7.90. The summed E-state index contributed by atoms with van der Waals surface area (Å²) < 4.78 is 40.4. The van der Waals surface area contributed by atoms with E-state index < -0.39 is 28.5 Å². The van der Waals surface area contributed by atoms with Crippen LogP contribution in [-0.2, 0) is 6.54 Å². The lowest BCUT2D eigenvalue weighted by atomic mass is 10.1. The number of rotatable bonds is 4. The Morgan fingerprint density at radius 3 is 2.58 bits per heavy atom. The molecule has 0 aliphatic carbocycles. The summed E-state index contributed by atoms with van der Waals surface area (Å²) in [5.74, 6) is -1.38. The lowest BCUT2D eigenvalue weighted by Gasteiger charge is -2.14. The van der Waals surface area contributed by atoms with E-state index in [-0.39, 0.29) is 35.5 Å². The number of nitrogens with one attached hydrogen (secondary N) is 2. The van der Waals surface area contributed by atoms with Crippen LogP contribution in [0.25, 0.3) is 11.0 Å². The number of aromatic amines is 1. The van der Waals surface area contributed by atoms with Gasteiger partial charge >= 0.3 is 0 Å². The van der Waals surface area contributed by atoms with Gasteiger partial charge in [-0.05, 0) is 30.3 Å². The Morgan fingerprint density at radius 2 is 1.79 bits per heavy atom. The molecule has 3 heterocycles. The van der Waals surface area contributed by atoms with Crippen LogP contribution in [-0.4, -0.2) is 22.3 Å². The molecule has 1 amide bonds. The number of halogens is 2. The molecule has 4 aromatic rings. The van der Waals surface area contributed by atoms with Crippen molar-refractivity contribution in [3.63, 3.8) is 0 Å². The zero-order valence-electron chi connectivity index (χ0n) is 16.9. The maximum Gasteiger partial charge on any atom is 0.261 e. The number of nitrogens with zero attached hydrogens (tertiary/aromatic N) is 1. The highest BCUT2D eigenvalue weighted by molar-refractivity contribution is 6.05.